The van der Waals surface area contributed by atoms with E-state index in [2.05, 4.69) is 4.84 Å². The van der Waals surface area contributed by atoms with Crippen molar-refractivity contribution in [2.24, 2.45) is 0 Å². The summed E-state index contributed by atoms with van der Waals surface area (Å²) in [7, 11) is 0. The fourth-order valence-electron chi connectivity index (χ4n) is 3.04. The largest absolute Gasteiger partial charge is 0.459 e. The molecule has 4 atom stereocenters. The third kappa shape index (κ3) is 6.15. The number of alkyl halides is 1. The van der Waals surface area contributed by atoms with E-state index in [0.29, 0.717) is 0 Å². The summed E-state index contributed by atoms with van der Waals surface area (Å²) < 4.78 is 15.7. The number of nitro groups is 2. The second kappa shape index (κ2) is 10.7. The lowest BCUT2D eigenvalue weighted by Gasteiger charge is -2.22. The second-order valence-electron chi connectivity index (χ2n) is 6.90. The molecule has 0 aliphatic carbocycles. The lowest BCUT2D eigenvalue weighted by atomic mass is 10.1. The molecule has 15 nitrogen and oxygen atoms in total. The van der Waals surface area contributed by atoms with Gasteiger partial charge in [0.2, 0.25) is 0 Å². The van der Waals surface area contributed by atoms with Gasteiger partial charge in [-0.3, -0.25) is 20.2 Å². The van der Waals surface area contributed by atoms with Gasteiger partial charge in [-0.15, -0.1) is 10.1 Å². The van der Waals surface area contributed by atoms with Crippen LogP contribution in [0.2, 0.25) is 0 Å². The van der Waals surface area contributed by atoms with Crippen molar-refractivity contribution in [3.63, 3.8) is 0 Å². The molecule has 0 N–H and O–H groups in total. The first-order valence-corrected chi connectivity index (χ1v) is 9.98. The van der Waals surface area contributed by atoms with E-state index in [1.807, 2.05) is 0 Å². The number of non-ortho nitro benzene ring substituents is 2. The van der Waals surface area contributed by atoms with Gasteiger partial charge in [-0.05, 0) is 24.3 Å². The van der Waals surface area contributed by atoms with Crippen LogP contribution < -0.4 is 0 Å². The maximum atomic E-state index is 12.5. The normalized spacial score (nSPS) is 21.1. The molecule has 0 saturated carbocycles. The standard InChI is InChI=1S/C19H14ClN3O12/c20-17-16(35-23(30)31)15(34-19(25)11-3-7-13(8-4-11)22(28)29)14(33-17)9-32-18(24)10-1-5-12(6-2-10)21(26)27/h1-8,14-17H,9H2/t14-,15-,16+,17-/m1/s1. The minimum Gasteiger partial charge on any atom is -0.459 e. The van der Waals surface area contributed by atoms with Crippen LogP contribution in [-0.4, -0.2) is 57.4 Å². The van der Waals surface area contributed by atoms with Gasteiger partial charge < -0.3 is 19.0 Å². The van der Waals surface area contributed by atoms with Crippen LogP contribution in [0.1, 0.15) is 20.7 Å². The van der Waals surface area contributed by atoms with Crippen molar-refractivity contribution in [3.8, 4) is 0 Å². The minimum absolute atomic E-state index is 0.0338. The Morgan fingerprint density at radius 2 is 1.31 bits per heavy atom. The summed E-state index contributed by atoms with van der Waals surface area (Å²) >= 11 is 5.95. The van der Waals surface area contributed by atoms with Gasteiger partial charge in [0, 0.05) is 24.3 Å². The lowest BCUT2D eigenvalue weighted by molar-refractivity contribution is -0.770. The van der Waals surface area contributed by atoms with Crippen molar-refractivity contribution < 1.29 is 43.6 Å². The Kier molecular flexibility index (Phi) is 7.73. The predicted octanol–water partition coefficient (Wildman–Crippen LogP) is 2.43. The Morgan fingerprint density at radius 1 is 0.829 bits per heavy atom. The molecule has 0 unspecified atom stereocenters. The first-order valence-electron chi connectivity index (χ1n) is 9.54. The van der Waals surface area contributed by atoms with Crippen molar-refractivity contribution in [2.75, 3.05) is 6.61 Å². The zero-order valence-corrected chi connectivity index (χ0v) is 18.0. The van der Waals surface area contributed by atoms with Crippen LogP contribution in [-0.2, 0) is 19.0 Å². The lowest BCUT2D eigenvalue weighted by Crippen LogP contribution is -2.41. The monoisotopic (exact) mass is 511 g/mol. The van der Waals surface area contributed by atoms with Gasteiger partial charge in [0.15, 0.2) is 17.8 Å². The molecule has 0 aromatic heterocycles. The molecule has 1 aliphatic rings. The molecule has 0 bridgehead atoms. The first kappa shape index (κ1) is 25.3. The summed E-state index contributed by atoms with van der Waals surface area (Å²) in [6, 6.07) is 8.83. The molecular formula is C19H14ClN3O12. The molecule has 2 aromatic carbocycles. The molecule has 1 aliphatic heterocycles. The number of rotatable bonds is 9. The van der Waals surface area contributed by atoms with E-state index in [-0.39, 0.29) is 22.5 Å². The van der Waals surface area contributed by atoms with Crippen LogP contribution in [0.3, 0.4) is 0 Å². The van der Waals surface area contributed by atoms with E-state index < -0.39 is 57.4 Å². The minimum atomic E-state index is -1.59. The molecular weight excluding hydrogens is 498 g/mol. The van der Waals surface area contributed by atoms with Crippen molar-refractivity contribution in [2.45, 2.75) is 23.9 Å². The molecule has 0 spiro atoms. The van der Waals surface area contributed by atoms with Crippen LogP contribution >= 0.6 is 11.6 Å². The molecule has 184 valence electrons. The summed E-state index contributed by atoms with van der Waals surface area (Å²) in [5.74, 6) is -1.93. The highest BCUT2D eigenvalue weighted by molar-refractivity contribution is 6.20. The van der Waals surface area contributed by atoms with Gasteiger partial charge in [-0.1, -0.05) is 11.6 Å². The van der Waals surface area contributed by atoms with E-state index in [1.54, 1.807) is 0 Å². The van der Waals surface area contributed by atoms with Crippen LogP contribution in [0.15, 0.2) is 48.5 Å². The SMILES string of the molecule is O=C(OC[C@H]1O[C@@H](Cl)[C@@H](O[N+](=O)[O-])[C@@H]1OC(=O)c1ccc([N+](=O)[O-])cc1)c1ccc([N+](=O)[O-])cc1. The number of esters is 2. The zero-order chi connectivity index (χ0) is 25.7. The molecule has 1 heterocycles. The maximum Gasteiger partial charge on any atom is 0.338 e. The van der Waals surface area contributed by atoms with Crippen LogP contribution in [0.25, 0.3) is 0 Å². The predicted molar refractivity (Wildman–Crippen MR) is 112 cm³/mol. The number of nitro benzene ring substituents is 2. The van der Waals surface area contributed by atoms with Crippen LogP contribution in [0.5, 0.6) is 0 Å². The smallest absolute Gasteiger partial charge is 0.338 e. The van der Waals surface area contributed by atoms with Crippen LogP contribution in [0.4, 0.5) is 11.4 Å². The summed E-state index contributed by atoms with van der Waals surface area (Å²) in [5.41, 5.74) is -2.14. The molecule has 3 rings (SSSR count). The van der Waals surface area contributed by atoms with E-state index in [4.69, 9.17) is 25.8 Å². The molecule has 1 fully saturated rings. The van der Waals surface area contributed by atoms with E-state index in [0.717, 1.165) is 48.5 Å². The number of benzene rings is 2. The fourth-order valence-corrected chi connectivity index (χ4v) is 3.36. The van der Waals surface area contributed by atoms with E-state index in [9.17, 15) is 39.9 Å². The molecule has 16 heteroatoms. The summed E-state index contributed by atoms with van der Waals surface area (Å²) in [6.07, 6.45) is -4.38. The van der Waals surface area contributed by atoms with Crippen LogP contribution in [0, 0.1) is 30.3 Å². The second-order valence-corrected chi connectivity index (χ2v) is 7.33. The van der Waals surface area contributed by atoms with Gasteiger partial charge >= 0.3 is 11.9 Å². The maximum absolute atomic E-state index is 12.5. The van der Waals surface area contributed by atoms with Gasteiger partial charge in [0.25, 0.3) is 16.5 Å². The Hall–Kier alpha value is -4.37. The number of nitrogens with zero attached hydrogens (tertiary/aromatic N) is 3. The average Bonchev–Trinajstić information content (AvgIpc) is 3.11. The highest BCUT2D eigenvalue weighted by Gasteiger charge is 2.49. The van der Waals surface area contributed by atoms with Crippen molar-refractivity contribution >= 4 is 34.9 Å². The van der Waals surface area contributed by atoms with Gasteiger partial charge in [-0.25, -0.2) is 9.59 Å². The van der Waals surface area contributed by atoms with Crippen molar-refractivity contribution in [3.05, 3.63) is 90.0 Å². The fraction of sp³-hybridized carbons (Fsp3) is 0.263. The number of carbonyl (C=O) groups excluding carboxylic acids is 2. The first-order chi connectivity index (χ1) is 16.6. The topological polar surface area (TPSA) is 200 Å². The summed E-state index contributed by atoms with van der Waals surface area (Å²) in [6.45, 7) is -0.575. The molecule has 0 amide bonds. The number of halogens is 1. The summed E-state index contributed by atoms with van der Waals surface area (Å²) in [4.78, 5) is 60.3. The highest BCUT2D eigenvalue weighted by atomic mass is 35.5. The Bertz CT molecular complexity index is 1140. The van der Waals surface area contributed by atoms with Gasteiger partial charge in [-0.2, -0.15) is 0 Å². The van der Waals surface area contributed by atoms with Crippen molar-refractivity contribution in [1.29, 1.82) is 0 Å². The highest BCUT2D eigenvalue weighted by Crippen LogP contribution is 2.30. The third-order valence-electron chi connectivity index (χ3n) is 4.71. The molecule has 0 radical (unpaired) electrons. The Balaban J connectivity index is 1.72. The molecule has 1 saturated heterocycles. The van der Waals surface area contributed by atoms with E-state index in [1.165, 1.54) is 0 Å². The third-order valence-corrected chi connectivity index (χ3v) is 5.06. The van der Waals surface area contributed by atoms with Gasteiger partial charge in [0.05, 0.1) is 21.0 Å². The number of hydrogen-bond acceptors (Lipinski definition) is 12. The molecule has 35 heavy (non-hydrogen) atoms. The summed E-state index contributed by atoms with van der Waals surface area (Å²) in [5, 5.41) is 31.2. The number of ether oxygens (including phenoxy) is 3. The van der Waals surface area contributed by atoms with Crippen molar-refractivity contribution in [1.82, 2.24) is 0 Å². The average molecular weight is 512 g/mol. The number of hydrogen-bond donors (Lipinski definition) is 0. The Labute approximate surface area is 199 Å². The Morgan fingerprint density at radius 3 is 1.77 bits per heavy atom. The van der Waals surface area contributed by atoms with E-state index >= 15 is 0 Å². The molecule has 2 aromatic rings. The number of carbonyl (C=O) groups is 2. The quantitative estimate of drug-likeness (QED) is 0.206. The zero-order valence-electron chi connectivity index (χ0n) is 17.3. The van der Waals surface area contributed by atoms with Gasteiger partial charge in [0.1, 0.15) is 12.7 Å².